The van der Waals surface area contributed by atoms with Crippen LogP contribution in [0, 0.1) is 12.7 Å². The molecule has 1 amide bonds. The Morgan fingerprint density at radius 2 is 1.82 bits per heavy atom. The van der Waals surface area contributed by atoms with Crippen LogP contribution in [0.15, 0.2) is 65.3 Å². The van der Waals surface area contributed by atoms with Crippen LogP contribution in [0.3, 0.4) is 0 Å². The van der Waals surface area contributed by atoms with Crippen LogP contribution in [0.5, 0.6) is 5.75 Å². The van der Waals surface area contributed by atoms with Crippen LogP contribution < -0.4 is 10.1 Å². The standard InChI is InChI=1S/C26H20Cl2FNO3/c1-14(10-24(31)30-18-7-5-17(29)6-8-18)20-12-21-22(19-9-4-16(27)11-23(19)28)13-33-26(21)15(2)25(20)32-3/h4-13H,1-3H3,(H,30,31)/b14-10+. The molecule has 1 N–H and O–H groups in total. The Morgan fingerprint density at radius 3 is 2.48 bits per heavy atom. The summed E-state index contributed by atoms with van der Waals surface area (Å²) in [6.45, 7) is 3.72. The number of amides is 1. The monoisotopic (exact) mass is 483 g/mol. The van der Waals surface area contributed by atoms with Gasteiger partial charge in [0.05, 0.1) is 18.4 Å². The van der Waals surface area contributed by atoms with E-state index in [1.165, 1.54) is 30.3 Å². The van der Waals surface area contributed by atoms with Crippen LogP contribution in [0.1, 0.15) is 18.1 Å². The maximum atomic E-state index is 13.1. The van der Waals surface area contributed by atoms with Gasteiger partial charge in [-0.15, -0.1) is 0 Å². The number of carbonyl (C=O) groups excluding carboxylic acids is 1. The van der Waals surface area contributed by atoms with E-state index in [9.17, 15) is 9.18 Å². The lowest BCUT2D eigenvalue weighted by atomic mass is 9.96. The summed E-state index contributed by atoms with van der Waals surface area (Å²) in [4.78, 5) is 12.6. The molecular weight excluding hydrogens is 464 g/mol. The van der Waals surface area contributed by atoms with Gasteiger partial charge in [0.1, 0.15) is 17.1 Å². The number of hydrogen-bond donors (Lipinski definition) is 1. The molecule has 4 rings (SSSR count). The SMILES string of the molecule is COc1c(/C(C)=C/C(=O)Nc2ccc(F)cc2)cc2c(-c3ccc(Cl)cc3Cl)coc2c1C. The first-order chi connectivity index (χ1) is 15.8. The molecule has 0 bridgehead atoms. The van der Waals surface area contributed by atoms with Gasteiger partial charge >= 0.3 is 0 Å². The van der Waals surface area contributed by atoms with Crippen molar-refractivity contribution in [3.8, 4) is 16.9 Å². The van der Waals surface area contributed by atoms with Gasteiger partial charge in [-0.1, -0.05) is 29.3 Å². The van der Waals surface area contributed by atoms with Crippen molar-refractivity contribution in [2.24, 2.45) is 0 Å². The van der Waals surface area contributed by atoms with Crippen LogP contribution >= 0.6 is 23.2 Å². The highest BCUT2D eigenvalue weighted by molar-refractivity contribution is 6.36. The van der Waals surface area contributed by atoms with Crippen LogP contribution in [0.25, 0.3) is 27.7 Å². The van der Waals surface area contributed by atoms with E-state index < -0.39 is 0 Å². The predicted octanol–water partition coefficient (Wildman–Crippen LogP) is 7.90. The first-order valence-corrected chi connectivity index (χ1v) is 10.8. The van der Waals surface area contributed by atoms with E-state index in [0.29, 0.717) is 32.6 Å². The molecule has 4 nitrogen and oxygen atoms in total. The minimum Gasteiger partial charge on any atom is -0.496 e. The van der Waals surface area contributed by atoms with Gasteiger partial charge in [-0.25, -0.2) is 4.39 Å². The molecular formula is C26H20Cl2FNO3. The Balaban J connectivity index is 1.78. The molecule has 0 aliphatic heterocycles. The van der Waals surface area contributed by atoms with E-state index in [4.69, 9.17) is 32.4 Å². The van der Waals surface area contributed by atoms with Crippen LogP contribution in [-0.2, 0) is 4.79 Å². The zero-order valence-corrected chi connectivity index (χ0v) is 19.6. The number of allylic oxidation sites excluding steroid dienone is 1. The molecule has 4 aromatic rings. The van der Waals surface area contributed by atoms with Crippen LogP contribution in [-0.4, -0.2) is 13.0 Å². The summed E-state index contributed by atoms with van der Waals surface area (Å²) >= 11 is 12.5. The van der Waals surface area contributed by atoms with Crippen molar-refractivity contribution in [3.05, 3.63) is 87.9 Å². The van der Waals surface area contributed by atoms with E-state index in [2.05, 4.69) is 5.32 Å². The van der Waals surface area contributed by atoms with E-state index in [0.717, 1.165) is 27.6 Å². The molecule has 3 aromatic carbocycles. The van der Waals surface area contributed by atoms with E-state index >= 15 is 0 Å². The second-order valence-corrected chi connectivity index (χ2v) is 8.40. The van der Waals surface area contributed by atoms with Gasteiger partial charge in [-0.2, -0.15) is 0 Å². The summed E-state index contributed by atoms with van der Waals surface area (Å²) in [6, 6.07) is 12.8. The zero-order chi connectivity index (χ0) is 23.7. The van der Waals surface area contributed by atoms with Crippen molar-refractivity contribution >= 4 is 51.3 Å². The highest BCUT2D eigenvalue weighted by atomic mass is 35.5. The van der Waals surface area contributed by atoms with Gasteiger partial charge in [-0.3, -0.25) is 4.79 Å². The second-order valence-electron chi connectivity index (χ2n) is 7.56. The lowest BCUT2D eigenvalue weighted by molar-refractivity contribution is -0.111. The van der Waals surface area contributed by atoms with Crippen molar-refractivity contribution in [1.82, 2.24) is 0 Å². The number of methoxy groups -OCH3 is 1. The van der Waals surface area contributed by atoms with Crippen molar-refractivity contribution in [2.75, 3.05) is 12.4 Å². The normalized spacial score (nSPS) is 11.6. The molecule has 0 radical (unpaired) electrons. The Bertz CT molecular complexity index is 1390. The summed E-state index contributed by atoms with van der Waals surface area (Å²) in [5.41, 5.74) is 4.98. The number of carbonyl (C=O) groups is 1. The predicted molar refractivity (Wildman–Crippen MR) is 132 cm³/mol. The van der Waals surface area contributed by atoms with Gasteiger partial charge in [-0.05, 0) is 61.9 Å². The molecule has 0 aliphatic rings. The number of halogens is 3. The lowest BCUT2D eigenvalue weighted by Gasteiger charge is -2.13. The summed E-state index contributed by atoms with van der Waals surface area (Å²) in [6.07, 6.45) is 3.12. The van der Waals surface area contributed by atoms with Crippen LogP contribution in [0.2, 0.25) is 10.0 Å². The third-order valence-electron chi connectivity index (χ3n) is 5.35. The lowest BCUT2D eigenvalue weighted by Crippen LogP contribution is -2.08. The number of anilines is 1. The number of benzene rings is 3. The highest BCUT2D eigenvalue weighted by Gasteiger charge is 2.20. The molecule has 0 saturated carbocycles. The first kappa shape index (κ1) is 22.9. The fraction of sp³-hybridized carbons (Fsp3) is 0.115. The van der Waals surface area contributed by atoms with E-state index in [1.54, 1.807) is 25.5 Å². The number of rotatable bonds is 5. The average molecular weight is 484 g/mol. The fourth-order valence-corrected chi connectivity index (χ4v) is 4.28. The molecule has 1 aromatic heterocycles. The van der Waals surface area contributed by atoms with Gasteiger partial charge in [0.2, 0.25) is 5.91 Å². The minimum atomic E-state index is -0.370. The summed E-state index contributed by atoms with van der Waals surface area (Å²) in [5.74, 6) is -0.106. The first-order valence-electron chi connectivity index (χ1n) is 10.1. The fourth-order valence-electron chi connectivity index (χ4n) is 3.77. The number of hydrogen-bond acceptors (Lipinski definition) is 3. The third-order valence-corrected chi connectivity index (χ3v) is 5.90. The van der Waals surface area contributed by atoms with Gasteiger partial charge in [0.25, 0.3) is 0 Å². The number of furan rings is 1. The molecule has 0 unspecified atom stereocenters. The van der Waals surface area contributed by atoms with Gasteiger partial charge < -0.3 is 14.5 Å². The van der Waals surface area contributed by atoms with Crippen LogP contribution in [0.4, 0.5) is 10.1 Å². The number of fused-ring (bicyclic) bond motifs is 1. The average Bonchev–Trinajstić information content (AvgIpc) is 3.19. The highest BCUT2D eigenvalue weighted by Crippen LogP contribution is 2.42. The maximum Gasteiger partial charge on any atom is 0.248 e. The Hall–Kier alpha value is -3.28. The molecule has 0 atom stereocenters. The number of nitrogens with one attached hydrogen (secondary N) is 1. The zero-order valence-electron chi connectivity index (χ0n) is 18.1. The largest absolute Gasteiger partial charge is 0.496 e. The molecule has 0 aliphatic carbocycles. The number of ether oxygens (including phenoxy) is 1. The Labute approximate surface area is 200 Å². The molecule has 1 heterocycles. The van der Waals surface area contributed by atoms with E-state index in [-0.39, 0.29) is 11.7 Å². The summed E-state index contributed by atoms with van der Waals surface area (Å²) in [7, 11) is 1.57. The van der Waals surface area contributed by atoms with Gasteiger partial charge in [0, 0.05) is 44.4 Å². The van der Waals surface area contributed by atoms with Crippen molar-refractivity contribution in [3.63, 3.8) is 0 Å². The quantitative estimate of drug-likeness (QED) is 0.293. The van der Waals surface area contributed by atoms with Gasteiger partial charge in [0.15, 0.2) is 0 Å². The molecule has 168 valence electrons. The topological polar surface area (TPSA) is 51.5 Å². The van der Waals surface area contributed by atoms with E-state index in [1.807, 2.05) is 26.0 Å². The summed E-state index contributed by atoms with van der Waals surface area (Å²) in [5, 5.41) is 4.61. The van der Waals surface area contributed by atoms with Crippen molar-refractivity contribution in [2.45, 2.75) is 13.8 Å². The van der Waals surface area contributed by atoms with Crippen molar-refractivity contribution < 1.29 is 18.3 Å². The summed E-state index contributed by atoms with van der Waals surface area (Å²) < 4.78 is 24.6. The molecule has 0 saturated heterocycles. The Morgan fingerprint density at radius 1 is 1.09 bits per heavy atom. The molecule has 7 heteroatoms. The number of aryl methyl sites for hydroxylation is 1. The molecule has 0 spiro atoms. The van der Waals surface area contributed by atoms with Crippen molar-refractivity contribution in [1.29, 1.82) is 0 Å². The maximum absolute atomic E-state index is 13.1. The smallest absolute Gasteiger partial charge is 0.248 e. The second kappa shape index (κ2) is 9.30. The minimum absolute atomic E-state index is 0.341. The third kappa shape index (κ3) is 4.61. The Kier molecular flexibility index (Phi) is 6.45. The molecule has 33 heavy (non-hydrogen) atoms. The molecule has 0 fully saturated rings.